The van der Waals surface area contributed by atoms with Crippen LogP contribution in [0.15, 0.2) is 42.5 Å². The lowest BCUT2D eigenvalue weighted by atomic mass is 10.1. The Balaban J connectivity index is 2.13. The molecule has 2 aromatic carbocycles. The number of phenolic OH excluding ortho intramolecular Hbond substituents is 1. The van der Waals surface area contributed by atoms with Gasteiger partial charge in [0.15, 0.2) is 0 Å². The molecule has 0 heterocycles. The van der Waals surface area contributed by atoms with Crippen molar-refractivity contribution in [3.63, 3.8) is 0 Å². The van der Waals surface area contributed by atoms with E-state index in [1.54, 1.807) is 31.2 Å². The molecular formula is C15H14N2O4. The molecule has 0 saturated heterocycles. The predicted molar refractivity (Wildman–Crippen MR) is 77.1 cm³/mol. The van der Waals surface area contributed by atoms with Gasteiger partial charge in [-0.1, -0.05) is 18.2 Å². The van der Waals surface area contributed by atoms with Gasteiger partial charge in [-0.15, -0.1) is 0 Å². The number of non-ortho nitro benzene ring substituents is 1. The predicted octanol–water partition coefficient (Wildman–Crippen LogP) is 2.54. The molecule has 0 aliphatic heterocycles. The van der Waals surface area contributed by atoms with Gasteiger partial charge < -0.3 is 10.4 Å². The van der Waals surface area contributed by atoms with E-state index >= 15 is 0 Å². The number of hydrogen-bond donors (Lipinski definition) is 2. The summed E-state index contributed by atoms with van der Waals surface area (Å²) in [5.74, 6) is -0.271. The van der Waals surface area contributed by atoms with Gasteiger partial charge in [0.25, 0.3) is 11.6 Å². The lowest BCUT2D eigenvalue weighted by Crippen LogP contribution is -2.23. The van der Waals surface area contributed by atoms with Crippen LogP contribution in [0, 0.1) is 17.0 Å². The van der Waals surface area contributed by atoms with Crippen molar-refractivity contribution in [3.05, 3.63) is 69.3 Å². The van der Waals surface area contributed by atoms with Crippen molar-refractivity contribution in [1.82, 2.24) is 5.32 Å². The largest absolute Gasteiger partial charge is 0.508 e. The maximum atomic E-state index is 12.1. The number of carbonyl (C=O) groups excluding carboxylic acids is 1. The summed E-state index contributed by atoms with van der Waals surface area (Å²) in [4.78, 5) is 22.3. The molecule has 6 nitrogen and oxygen atoms in total. The Kier molecular flexibility index (Phi) is 4.18. The second-order valence-corrected chi connectivity index (χ2v) is 4.61. The third-order valence-electron chi connectivity index (χ3n) is 3.04. The lowest BCUT2D eigenvalue weighted by Gasteiger charge is -2.08. The minimum absolute atomic E-state index is 0.119. The molecule has 0 unspecified atom stereocenters. The monoisotopic (exact) mass is 286 g/mol. The molecule has 2 rings (SSSR count). The molecule has 0 aliphatic carbocycles. The quantitative estimate of drug-likeness (QED) is 0.667. The zero-order valence-electron chi connectivity index (χ0n) is 11.4. The summed E-state index contributed by atoms with van der Waals surface area (Å²) in [5.41, 5.74) is 1.55. The Labute approximate surface area is 121 Å². The maximum absolute atomic E-state index is 12.1. The van der Waals surface area contributed by atoms with Gasteiger partial charge in [-0.3, -0.25) is 14.9 Å². The SMILES string of the molecule is Cc1ccc([N+](=O)[O-])cc1C(=O)NCc1cccc(O)c1. The molecule has 108 valence electrons. The van der Waals surface area contributed by atoms with Gasteiger partial charge in [0.2, 0.25) is 0 Å². The number of nitrogens with zero attached hydrogens (tertiary/aromatic N) is 1. The molecule has 1 amide bonds. The lowest BCUT2D eigenvalue weighted by molar-refractivity contribution is -0.384. The van der Waals surface area contributed by atoms with E-state index in [2.05, 4.69) is 5.32 Å². The first kappa shape index (κ1) is 14.5. The molecule has 2 aromatic rings. The first-order valence-corrected chi connectivity index (χ1v) is 6.28. The molecule has 21 heavy (non-hydrogen) atoms. The third kappa shape index (κ3) is 3.56. The van der Waals surface area contributed by atoms with Gasteiger partial charge >= 0.3 is 0 Å². The van der Waals surface area contributed by atoms with Gasteiger partial charge in [-0.05, 0) is 30.2 Å². The number of rotatable bonds is 4. The number of amides is 1. The molecule has 0 spiro atoms. The molecule has 0 aromatic heterocycles. The number of nitro groups is 1. The Hall–Kier alpha value is -2.89. The molecule has 6 heteroatoms. The highest BCUT2D eigenvalue weighted by Crippen LogP contribution is 2.17. The molecule has 2 N–H and O–H groups in total. The smallest absolute Gasteiger partial charge is 0.270 e. The molecule has 0 atom stereocenters. The fourth-order valence-electron chi connectivity index (χ4n) is 1.91. The van der Waals surface area contributed by atoms with Crippen molar-refractivity contribution in [2.24, 2.45) is 0 Å². The minimum Gasteiger partial charge on any atom is -0.508 e. The van der Waals surface area contributed by atoms with Crippen LogP contribution in [0.3, 0.4) is 0 Å². The molecular weight excluding hydrogens is 272 g/mol. The average Bonchev–Trinajstić information content (AvgIpc) is 2.45. The average molecular weight is 286 g/mol. The first-order chi connectivity index (χ1) is 9.97. The van der Waals surface area contributed by atoms with Crippen LogP contribution >= 0.6 is 0 Å². The number of aromatic hydroxyl groups is 1. The topological polar surface area (TPSA) is 92.5 Å². The van der Waals surface area contributed by atoms with Crippen molar-refractivity contribution in [2.75, 3.05) is 0 Å². The van der Waals surface area contributed by atoms with Crippen LogP contribution in [0.25, 0.3) is 0 Å². The van der Waals surface area contributed by atoms with Gasteiger partial charge in [0, 0.05) is 24.2 Å². The van der Waals surface area contributed by atoms with Crippen LogP contribution in [-0.2, 0) is 6.54 Å². The second kappa shape index (κ2) is 6.04. The highest BCUT2D eigenvalue weighted by Gasteiger charge is 2.14. The van der Waals surface area contributed by atoms with E-state index in [0.717, 1.165) is 5.56 Å². The van der Waals surface area contributed by atoms with Crippen molar-refractivity contribution >= 4 is 11.6 Å². The second-order valence-electron chi connectivity index (χ2n) is 4.61. The zero-order chi connectivity index (χ0) is 15.4. The van der Waals surface area contributed by atoms with Crippen molar-refractivity contribution in [2.45, 2.75) is 13.5 Å². The minimum atomic E-state index is -0.536. The van der Waals surface area contributed by atoms with Crippen molar-refractivity contribution in [1.29, 1.82) is 0 Å². The van der Waals surface area contributed by atoms with E-state index in [4.69, 9.17) is 0 Å². The van der Waals surface area contributed by atoms with Gasteiger partial charge in [0.1, 0.15) is 5.75 Å². The number of benzene rings is 2. The van der Waals surface area contributed by atoms with E-state index in [1.165, 1.54) is 18.2 Å². The summed E-state index contributed by atoms with van der Waals surface area (Å²) < 4.78 is 0. The standard InChI is InChI=1S/C15H14N2O4/c1-10-5-6-12(17(20)21)8-14(10)15(19)16-9-11-3-2-4-13(18)7-11/h2-8,18H,9H2,1H3,(H,16,19). The molecule has 0 fully saturated rings. The normalized spacial score (nSPS) is 10.1. The van der Waals surface area contributed by atoms with E-state index in [1.807, 2.05) is 0 Å². The highest BCUT2D eigenvalue weighted by atomic mass is 16.6. The Morgan fingerprint density at radius 1 is 1.29 bits per heavy atom. The van der Waals surface area contributed by atoms with Crippen LogP contribution in [0.2, 0.25) is 0 Å². The number of aryl methyl sites for hydroxylation is 1. The zero-order valence-corrected chi connectivity index (χ0v) is 11.4. The van der Waals surface area contributed by atoms with Crippen LogP contribution in [-0.4, -0.2) is 15.9 Å². The number of carbonyl (C=O) groups is 1. The van der Waals surface area contributed by atoms with E-state index < -0.39 is 4.92 Å². The summed E-state index contributed by atoms with van der Waals surface area (Å²) in [7, 11) is 0. The van der Waals surface area contributed by atoms with Gasteiger partial charge in [-0.2, -0.15) is 0 Å². The Morgan fingerprint density at radius 3 is 2.71 bits per heavy atom. The Morgan fingerprint density at radius 2 is 2.05 bits per heavy atom. The van der Waals surface area contributed by atoms with Crippen LogP contribution in [0.5, 0.6) is 5.75 Å². The highest BCUT2D eigenvalue weighted by molar-refractivity contribution is 5.96. The van der Waals surface area contributed by atoms with Crippen LogP contribution in [0.4, 0.5) is 5.69 Å². The third-order valence-corrected chi connectivity index (χ3v) is 3.04. The summed E-state index contributed by atoms with van der Waals surface area (Å²) >= 11 is 0. The van der Waals surface area contributed by atoms with Crippen LogP contribution in [0.1, 0.15) is 21.5 Å². The van der Waals surface area contributed by atoms with Crippen molar-refractivity contribution in [3.8, 4) is 5.75 Å². The number of nitrogens with one attached hydrogen (secondary N) is 1. The van der Waals surface area contributed by atoms with Gasteiger partial charge in [-0.25, -0.2) is 0 Å². The number of nitro benzene ring substituents is 1. The summed E-state index contributed by atoms with van der Waals surface area (Å²) in [5, 5.41) is 22.8. The van der Waals surface area contributed by atoms with E-state index in [0.29, 0.717) is 5.56 Å². The van der Waals surface area contributed by atoms with Crippen LogP contribution < -0.4 is 5.32 Å². The maximum Gasteiger partial charge on any atom is 0.270 e. The summed E-state index contributed by atoms with van der Waals surface area (Å²) in [6, 6.07) is 10.7. The number of hydrogen-bond acceptors (Lipinski definition) is 4. The number of phenols is 1. The summed E-state index contributed by atoms with van der Waals surface area (Å²) in [6.45, 7) is 1.95. The molecule has 0 radical (unpaired) electrons. The fourth-order valence-corrected chi connectivity index (χ4v) is 1.91. The summed E-state index contributed by atoms with van der Waals surface area (Å²) in [6.07, 6.45) is 0. The molecule has 0 bridgehead atoms. The van der Waals surface area contributed by atoms with E-state index in [-0.39, 0.29) is 29.5 Å². The Bertz CT molecular complexity index is 698. The molecule has 0 saturated carbocycles. The fraction of sp³-hybridized carbons (Fsp3) is 0.133. The molecule has 0 aliphatic rings. The van der Waals surface area contributed by atoms with E-state index in [9.17, 15) is 20.0 Å². The first-order valence-electron chi connectivity index (χ1n) is 6.28. The van der Waals surface area contributed by atoms with Crippen molar-refractivity contribution < 1.29 is 14.8 Å². The van der Waals surface area contributed by atoms with Gasteiger partial charge in [0.05, 0.1) is 4.92 Å².